The van der Waals surface area contributed by atoms with Gasteiger partial charge in [-0.3, -0.25) is 4.79 Å². The number of ketones is 1. The van der Waals surface area contributed by atoms with Crippen molar-refractivity contribution in [1.82, 2.24) is 0 Å². The van der Waals surface area contributed by atoms with Gasteiger partial charge in [-0.05, 0) is 37.1 Å². The Morgan fingerprint density at radius 2 is 1.72 bits per heavy atom. The molecule has 0 radical (unpaired) electrons. The van der Waals surface area contributed by atoms with Crippen molar-refractivity contribution in [3.63, 3.8) is 0 Å². The number of carbonyl (C=O) groups excluding carboxylic acids is 2. The van der Waals surface area contributed by atoms with Crippen LogP contribution in [0.15, 0.2) is 41.5 Å². The van der Waals surface area contributed by atoms with Gasteiger partial charge in [0, 0.05) is 24.2 Å². The van der Waals surface area contributed by atoms with E-state index in [9.17, 15) is 35.1 Å². The predicted octanol–water partition coefficient (Wildman–Crippen LogP) is 0.511. The van der Waals surface area contributed by atoms with Gasteiger partial charge < -0.3 is 35.0 Å². The smallest absolute Gasteiger partial charge is 0.338 e. The highest BCUT2D eigenvalue weighted by Crippen LogP contribution is 2.62. The van der Waals surface area contributed by atoms with E-state index in [1.807, 2.05) is 0 Å². The number of rotatable bonds is 2. The quantitative estimate of drug-likeness (QED) is 0.287. The Hall–Kier alpha value is -2.14. The standard InChI is InChI=1S/C27H34O9/c1-13-15(28)11-27(34)22(36-23(32)14-8-6-5-7-9-14)20-25(4,16(29)10-17-26(20,33)12-35-17)21(31)19(30)18(13)24(27,2)3/h5-9,15-17,19-20,22,28-30,33-34H,10-12H2,1-4H3/t15?,16-,17+,19+,20-,22-,25+,26-,27+/m0/s1. The molecular weight excluding hydrogens is 468 g/mol. The van der Waals surface area contributed by atoms with Crippen LogP contribution in [-0.2, 0) is 14.3 Å². The minimum atomic E-state index is -2.02. The second-order valence-electron chi connectivity index (χ2n) is 11.6. The summed E-state index contributed by atoms with van der Waals surface area (Å²) in [6.07, 6.45) is -7.08. The fourth-order valence-corrected chi connectivity index (χ4v) is 7.26. The molecular formula is C27H34O9. The van der Waals surface area contributed by atoms with Crippen LogP contribution in [0.2, 0.25) is 0 Å². The summed E-state index contributed by atoms with van der Waals surface area (Å²) >= 11 is 0. The predicted molar refractivity (Wildman–Crippen MR) is 126 cm³/mol. The summed E-state index contributed by atoms with van der Waals surface area (Å²) in [7, 11) is 0. The highest BCUT2D eigenvalue weighted by Gasteiger charge is 2.76. The Balaban J connectivity index is 1.78. The molecule has 9 atom stereocenters. The zero-order valence-corrected chi connectivity index (χ0v) is 20.8. The minimum absolute atomic E-state index is 0.0657. The first kappa shape index (κ1) is 25.5. The van der Waals surface area contributed by atoms with Crippen LogP contribution in [0.4, 0.5) is 0 Å². The van der Waals surface area contributed by atoms with Crippen LogP contribution in [-0.4, -0.2) is 85.6 Å². The molecule has 3 aliphatic carbocycles. The SMILES string of the molecule is CC1=C2[C@@H](O)C(=O)[C@@]3(C)[C@H]([C@H](OC(=O)c4ccccc4)[C@](O)(CC1O)C2(C)C)[C@]1(O)CO[C@@H]1C[C@@H]3O. The van der Waals surface area contributed by atoms with Crippen molar-refractivity contribution in [2.24, 2.45) is 16.7 Å². The normalized spacial score (nSPS) is 45.5. The van der Waals surface area contributed by atoms with Crippen LogP contribution in [0.25, 0.3) is 0 Å². The van der Waals surface area contributed by atoms with E-state index in [0.717, 1.165) is 0 Å². The molecule has 0 spiro atoms. The largest absolute Gasteiger partial charge is 0.455 e. The number of Topliss-reactive ketones (excluding diaryl/α,β-unsaturated/α-hetero) is 1. The minimum Gasteiger partial charge on any atom is -0.455 e. The van der Waals surface area contributed by atoms with Gasteiger partial charge in [-0.15, -0.1) is 0 Å². The number of hydrogen-bond donors (Lipinski definition) is 5. The van der Waals surface area contributed by atoms with E-state index in [1.54, 1.807) is 51.1 Å². The van der Waals surface area contributed by atoms with Gasteiger partial charge in [0.25, 0.3) is 0 Å². The molecule has 2 bridgehead atoms. The number of carbonyl (C=O) groups is 2. The average Bonchev–Trinajstić information content (AvgIpc) is 2.83. The molecule has 36 heavy (non-hydrogen) atoms. The van der Waals surface area contributed by atoms with Crippen molar-refractivity contribution in [2.45, 2.75) is 82.3 Å². The maximum absolute atomic E-state index is 14.0. The number of esters is 1. The van der Waals surface area contributed by atoms with Crippen molar-refractivity contribution < 1.29 is 44.6 Å². The maximum atomic E-state index is 14.0. The summed E-state index contributed by atoms with van der Waals surface area (Å²) in [4.78, 5) is 27.4. The van der Waals surface area contributed by atoms with E-state index in [2.05, 4.69) is 0 Å². The van der Waals surface area contributed by atoms with Crippen LogP contribution in [0.5, 0.6) is 0 Å². The summed E-state index contributed by atoms with van der Waals surface area (Å²) < 4.78 is 11.6. The Kier molecular flexibility index (Phi) is 5.62. The molecule has 3 fully saturated rings. The van der Waals surface area contributed by atoms with Crippen LogP contribution >= 0.6 is 0 Å². The number of hydrogen-bond acceptors (Lipinski definition) is 9. The lowest BCUT2D eigenvalue weighted by Gasteiger charge is -2.66. The summed E-state index contributed by atoms with van der Waals surface area (Å²) in [5.74, 6) is -2.89. The van der Waals surface area contributed by atoms with Gasteiger partial charge in [0.05, 0.1) is 35.9 Å². The first-order valence-electron chi connectivity index (χ1n) is 12.3. The summed E-state index contributed by atoms with van der Waals surface area (Å²) in [5.41, 5.74) is -6.24. The summed E-state index contributed by atoms with van der Waals surface area (Å²) in [5, 5.41) is 57.9. The van der Waals surface area contributed by atoms with Crippen molar-refractivity contribution in [2.75, 3.05) is 6.61 Å². The molecule has 1 heterocycles. The molecule has 1 saturated heterocycles. The zero-order valence-electron chi connectivity index (χ0n) is 20.8. The molecule has 2 saturated carbocycles. The molecule has 5 rings (SSSR count). The second-order valence-corrected chi connectivity index (χ2v) is 11.6. The first-order chi connectivity index (χ1) is 16.7. The third-order valence-electron chi connectivity index (χ3n) is 9.64. The third kappa shape index (κ3) is 3.04. The maximum Gasteiger partial charge on any atom is 0.338 e. The van der Waals surface area contributed by atoms with Crippen molar-refractivity contribution in [1.29, 1.82) is 0 Å². The number of ether oxygens (including phenoxy) is 2. The fraction of sp³-hybridized carbons (Fsp3) is 0.630. The number of fused-ring (bicyclic) bond motifs is 5. The van der Waals surface area contributed by atoms with Gasteiger partial charge >= 0.3 is 5.97 Å². The molecule has 196 valence electrons. The number of aliphatic hydroxyl groups is 5. The fourth-order valence-electron chi connectivity index (χ4n) is 7.26. The van der Waals surface area contributed by atoms with Crippen molar-refractivity contribution in [3.8, 4) is 0 Å². The van der Waals surface area contributed by atoms with E-state index >= 15 is 0 Å². The van der Waals surface area contributed by atoms with Crippen LogP contribution in [0.3, 0.4) is 0 Å². The van der Waals surface area contributed by atoms with E-state index < -0.39 is 70.2 Å². The summed E-state index contributed by atoms with van der Waals surface area (Å²) in [6, 6.07) is 8.12. The van der Waals surface area contributed by atoms with Gasteiger partial charge in [-0.2, -0.15) is 0 Å². The van der Waals surface area contributed by atoms with Gasteiger partial charge in [0.1, 0.15) is 23.4 Å². The number of benzene rings is 1. The Bertz CT molecular complexity index is 1130. The first-order valence-corrected chi connectivity index (χ1v) is 12.3. The monoisotopic (exact) mass is 502 g/mol. The Morgan fingerprint density at radius 3 is 2.31 bits per heavy atom. The zero-order chi connectivity index (χ0) is 26.4. The molecule has 1 aromatic carbocycles. The molecule has 1 unspecified atom stereocenters. The van der Waals surface area contributed by atoms with Gasteiger partial charge in [-0.1, -0.05) is 32.0 Å². The van der Waals surface area contributed by atoms with E-state index in [1.165, 1.54) is 6.92 Å². The highest BCUT2D eigenvalue weighted by molar-refractivity contribution is 5.94. The molecule has 1 aromatic rings. The topological polar surface area (TPSA) is 154 Å². The van der Waals surface area contributed by atoms with Crippen LogP contribution in [0, 0.1) is 16.7 Å². The molecule has 9 nitrogen and oxygen atoms in total. The van der Waals surface area contributed by atoms with Crippen molar-refractivity contribution in [3.05, 3.63) is 47.0 Å². The van der Waals surface area contributed by atoms with Gasteiger partial charge in [0.2, 0.25) is 0 Å². The number of aliphatic hydroxyl groups excluding tert-OH is 3. The molecule has 0 aromatic heterocycles. The van der Waals surface area contributed by atoms with Crippen LogP contribution < -0.4 is 0 Å². The average molecular weight is 503 g/mol. The van der Waals surface area contributed by atoms with E-state index in [0.29, 0.717) is 5.57 Å². The van der Waals surface area contributed by atoms with Crippen LogP contribution in [0.1, 0.15) is 50.9 Å². The lowest BCUT2D eigenvalue weighted by Crippen LogP contribution is -2.81. The molecule has 4 aliphatic rings. The van der Waals surface area contributed by atoms with E-state index in [4.69, 9.17) is 9.47 Å². The molecule has 1 aliphatic heterocycles. The third-order valence-corrected chi connectivity index (χ3v) is 9.64. The Labute approximate surface area is 209 Å². The van der Waals surface area contributed by atoms with E-state index in [-0.39, 0.29) is 30.6 Å². The Morgan fingerprint density at radius 1 is 1.08 bits per heavy atom. The molecule has 0 amide bonds. The van der Waals surface area contributed by atoms with Crippen molar-refractivity contribution >= 4 is 11.8 Å². The second kappa shape index (κ2) is 7.93. The molecule has 5 N–H and O–H groups in total. The summed E-state index contributed by atoms with van der Waals surface area (Å²) in [6.45, 7) is 6.07. The lowest BCUT2D eigenvalue weighted by atomic mass is 9.45. The molecule has 9 heteroatoms. The lowest BCUT2D eigenvalue weighted by molar-refractivity contribution is -0.343. The van der Waals surface area contributed by atoms with Gasteiger partial charge in [-0.25, -0.2) is 4.79 Å². The highest BCUT2D eigenvalue weighted by atomic mass is 16.6. The van der Waals surface area contributed by atoms with Gasteiger partial charge in [0.15, 0.2) is 5.78 Å².